The number of rotatable bonds is 3. The molecule has 2 amide bonds. The van der Waals surface area contributed by atoms with Crippen molar-refractivity contribution < 1.29 is 19.8 Å². The first-order chi connectivity index (χ1) is 11.4. The van der Waals surface area contributed by atoms with E-state index in [1.54, 1.807) is 18.2 Å². The van der Waals surface area contributed by atoms with Crippen molar-refractivity contribution >= 4 is 29.7 Å². The van der Waals surface area contributed by atoms with Crippen LogP contribution in [0.4, 0.5) is 16.2 Å². The number of aromatic hydroxyl groups is 1. The van der Waals surface area contributed by atoms with E-state index < -0.39 is 22.7 Å². The molecule has 0 aliphatic carbocycles. The maximum absolute atomic E-state index is 12.8. The fourth-order valence-electron chi connectivity index (χ4n) is 2.40. The van der Waals surface area contributed by atoms with E-state index in [-0.39, 0.29) is 17.0 Å². The number of aliphatic carboxylic acids is 1. The van der Waals surface area contributed by atoms with Crippen LogP contribution in [0, 0.1) is 5.21 Å². The molecule has 3 rings (SSSR count). The summed E-state index contributed by atoms with van der Waals surface area (Å²) in [6.45, 7) is 0. The third-order valence-electron chi connectivity index (χ3n) is 3.64. The Morgan fingerprint density at radius 3 is 2.46 bits per heavy atom. The van der Waals surface area contributed by atoms with Crippen LogP contribution in [0.3, 0.4) is 0 Å². The van der Waals surface area contributed by atoms with Crippen molar-refractivity contribution in [2.75, 3.05) is 0 Å². The second kappa shape index (κ2) is 5.76. The number of para-hydroxylation sites is 2. The molecule has 0 fully saturated rings. The number of amides is 2. The Kier molecular flexibility index (Phi) is 3.76. The predicted molar refractivity (Wildman–Crippen MR) is 86.8 cm³/mol. The monoisotopic (exact) mass is 327 g/mol. The molecule has 2 unspecified atom stereocenters. The standard InChI is InChI=1S/C16H13N3O5/c20-11-7-5-10(6-8-11)14(15(21)22)18-16(23)19(24)9-17-12-3-1-2-4-13(12)19/h1-9,14,20H,(H,18,23)(H,21,22). The lowest BCUT2D eigenvalue weighted by molar-refractivity contribution is -0.139. The van der Waals surface area contributed by atoms with Gasteiger partial charge in [-0.2, -0.15) is 9.64 Å². The first-order valence-electron chi connectivity index (χ1n) is 6.99. The average Bonchev–Trinajstić information content (AvgIpc) is 2.92. The number of quaternary nitrogens is 1. The summed E-state index contributed by atoms with van der Waals surface area (Å²) in [5.74, 6) is -1.37. The number of carbonyl (C=O) groups is 2. The Balaban J connectivity index is 1.89. The lowest BCUT2D eigenvalue weighted by Crippen LogP contribution is -2.53. The number of hydrogen-bond acceptors (Lipinski definition) is 5. The van der Waals surface area contributed by atoms with Crippen LogP contribution in [0.15, 0.2) is 53.5 Å². The minimum absolute atomic E-state index is 0.0397. The highest BCUT2D eigenvalue weighted by atomic mass is 16.6. The van der Waals surface area contributed by atoms with Crippen molar-refractivity contribution in [3.8, 4) is 5.75 Å². The van der Waals surface area contributed by atoms with Crippen molar-refractivity contribution in [2.24, 2.45) is 4.99 Å². The Bertz CT molecular complexity index is 834. The number of carboxylic acid groups (broad SMARTS) is 1. The molecule has 24 heavy (non-hydrogen) atoms. The van der Waals surface area contributed by atoms with E-state index in [1.807, 2.05) is 0 Å². The maximum Gasteiger partial charge on any atom is 0.428 e. The summed E-state index contributed by atoms with van der Waals surface area (Å²) < 4.78 is -1.52. The lowest BCUT2D eigenvalue weighted by atomic mass is 10.1. The number of aliphatic imine (C=N–C) groups is 1. The van der Waals surface area contributed by atoms with Crippen molar-refractivity contribution in [1.29, 1.82) is 0 Å². The quantitative estimate of drug-likeness (QED) is 0.590. The van der Waals surface area contributed by atoms with E-state index in [4.69, 9.17) is 0 Å². The Morgan fingerprint density at radius 2 is 1.79 bits per heavy atom. The van der Waals surface area contributed by atoms with Gasteiger partial charge in [0.1, 0.15) is 11.4 Å². The molecule has 2 atom stereocenters. The number of carbonyl (C=O) groups excluding carboxylic acids is 1. The largest absolute Gasteiger partial charge is 0.612 e. The molecular formula is C16H13N3O5. The fourth-order valence-corrected chi connectivity index (χ4v) is 2.40. The molecule has 0 spiro atoms. The van der Waals surface area contributed by atoms with Gasteiger partial charge in [-0.25, -0.2) is 9.59 Å². The third-order valence-corrected chi connectivity index (χ3v) is 3.64. The zero-order chi connectivity index (χ0) is 17.3. The van der Waals surface area contributed by atoms with Crippen LogP contribution in [0.2, 0.25) is 0 Å². The van der Waals surface area contributed by atoms with E-state index in [0.29, 0.717) is 5.69 Å². The second-order valence-corrected chi connectivity index (χ2v) is 5.20. The van der Waals surface area contributed by atoms with Crippen molar-refractivity contribution in [3.63, 3.8) is 0 Å². The molecule has 1 aliphatic heterocycles. The van der Waals surface area contributed by atoms with Gasteiger partial charge in [-0.15, -0.1) is 0 Å². The van der Waals surface area contributed by atoms with Crippen LogP contribution in [0.1, 0.15) is 11.6 Å². The number of hydroxylamine groups is 2. The van der Waals surface area contributed by atoms with Gasteiger partial charge in [0.2, 0.25) is 6.34 Å². The average molecular weight is 327 g/mol. The van der Waals surface area contributed by atoms with Gasteiger partial charge >= 0.3 is 12.0 Å². The topological polar surface area (TPSA) is 122 Å². The number of phenols is 1. The van der Waals surface area contributed by atoms with E-state index in [2.05, 4.69) is 10.3 Å². The zero-order valence-corrected chi connectivity index (χ0v) is 12.3. The van der Waals surface area contributed by atoms with Crippen LogP contribution < -0.4 is 9.96 Å². The van der Waals surface area contributed by atoms with E-state index in [1.165, 1.54) is 30.3 Å². The molecule has 8 heteroatoms. The molecule has 2 aromatic carbocycles. The van der Waals surface area contributed by atoms with Crippen LogP contribution in [0.25, 0.3) is 0 Å². The molecule has 0 saturated heterocycles. The van der Waals surface area contributed by atoms with Crippen molar-refractivity contribution in [1.82, 2.24) is 9.96 Å². The Morgan fingerprint density at radius 1 is 1.12 bits per heavy atom. The van der Waals surface area contributed by atoms with Gasteiger partial charge in [-0.1, -0.05) is 24.3 Å². The third kappa shape index (κ3) is 2.60. The van der Waals surface area contributed by atoms with Gasteiger partial charge in [-0.3, -0.25) is 5.32 Å². The molecule has 8 nitrogen and oxygen atoms in total. The summed E-state index contributed by atoms with van der Waals surface area (Å²) >= 11 is 0. The molecule has 0 aromatic heterocycles. The van der Waals surface area contributed by atoms with Crippen LogP contribution in [-0.2, 0) is 4.79 Å². The summed E-state index contributed by atoms with van der Waals surface area (Å²) in [4.78, 5) is 27.8. The van der Waals surface area contributed by atoms with Crippen molar-refractivity contribution in [3.05, 3.63) is 59.3 Å². The number of benzene rings is 2. The summed E-state index contributed by atoms with van der Waals surface area (Å²) in [5, 5.41) is 33.7. The number of nitrogens with zero attached hydrogens (tertiary/aromatic N) is 2. The smallest absolute Gasteiger partial charge is 0.428 e. The molecule has 3 N–H and O–H groups in total. The molecule has 122 valence electrons. The molecule has 1 aliphatic rings. The Labute approximate surface area is 136 Å². The van der Waals surface area contributed by atoms with Gasteiger partial charge in [0.05, 0.1) is 0 Å². The van der Waals surface area contributed by atoms with E-state index in [0.717, 1.165) is 6.34 Å². The fraction of sp³-hybridized carbons (Fsp3) is 0.0625. The summed E-state index contributed by atoms with van der Waals surface area (Å²) in [6.07, 6.45) is 0.912. The highest BCUT2D eigenvalue weighted by Gasteiger charge is 2.38. The van der Waals surface area contributed by atoms with Gasteiger partial charge in [0.15, 0.2) is 11.7 Å². The molecule has 0 saturated carbocycles. The number of urea groups is 1. The van der Waals surface area contributed by atoms with Crippen LogP contribution in [0.5, 0.6) is 5.75 Å². The maximum atomic E-state index is 12.8. The normalized spacial score (nSPS) is 19.5. The lowest BCUT2D eigenvalue weighted by Gasteiger charge is -2.32. The van der Waals surface area contributed by atoms with Gasteiger partial charge in [-0.05, 0) is 23.8 Å². The first-order valence-corrected chi connectivity index (χ1v) is 6.99. The number of hydrogen-bond donors (Lipinski definition) is 3. The number of nitrogens with one attached hydrogen (secondary N) is 1. The molecular weight excluding hydrogens is 314 g/mol. The molecule has 0 radical (unpaired) electrons. The van der Waals surface area contributed by atoms with E-state index in [9.17, 15) is 25.0 Å². The first kappa shape index (κ1) is 15.7. The molecule has 2 aromatic rings. The highest BCUT2D eigenvalue weighted by molar-refractivity contribution is 6.08. The second-order valence-electron chi connectivity index (χ2n) is 5.20. The summed E-state index contributed by atoms with van der Waals surface area (Å²) in [6, 6.07) is 9.15. The van der Waals surface area contributed by atoms with Gasteiger partial charge in [0, 0.05) is 6.07 Å². The highest BCUT2D eigenvalue weighted by Crippen LogP contribution is 2.37. The number of phenolic OH excluding ortho intramolecular Hbond substituents is 1. The SMILES string of the molecule is O=C(O)C(NC(=O)[N+]1([O-])C=Nc2ccccc21)c1ccc(O)cc1. The van der Waals surface area contributed by atoms with Gasteiger partial charge < -0.3 is 15.4 Å². The minimum Gasteiger partial charge on any atom is -0.612 e. The Hall–Kier alpha value is -3.23. The van der Waals surface area contributed by atoms with Crippen LogP contribution in [-0.4, -0.2) is 28.6 Å². The number of carboxylic acids is 1. The minimum atomic E-state index is -1.52. The van der Waals surface area contributed by atoms with Crippen molar-refractivity contribution in [2.45, 2.75) is 6.04 Å². The van der Waals surface area contributed by atoms with E-state index >= 15 is 0 Å². The zero-order valence-electron chi connectivity index (χ0n) is 12.3. The molecule has 0 bridgehead atoms. The predicted octanol–water partition coefficient (Wildman–Crippen LogP) is 2.41. The van der Waals surface area contributed by atoms with Crippen LogP contribution >= 0.6 is 0 Å². The summed E-state index contributed by atoms with van der Waals surface area (Å²) in [7, 11) is 0. The molecule has 1 heterocycles. The summed E-state index contributed by atoms with van der Waals surface area (Å²) in [5.41, 5.74) is 0.702. The van der Waals surface area contributed by atoms with Gasteiger partial charge in [0.25, 0.3) is 0 Å². The number of fused-ring (bicyclic) bond motifs is 1.